The fraction of sp³-hybridized carbons (Fsp3) is 0.0217. The minimum atomic E-state index is -0.488. The molecule has 284 valence electrons. The SMILES string of the molecule is O=C(Nc1ccccc1)c1cc2ccccc2c(N=Nc2ccc(-c3ccc(N=Nc4c(O)c(CONc5ccccc5)cc5ccccc45)c(Cl)c3)cc2Cl)c1O. The molecule has 0 aliphatic carbocycles. The third-order valence-electron chi connectivity index (χ3n) is 9.28. The Kier molecular flexibility index (Phi) is 11.0. The molecule has 0 heterocycles. The molecule has 12 heteroatoms. The predicted octanol–water partition coefficient (Wildman–Crippen LogP) is 14.0. The zero-order chi connectivity index (χ0) is 40.0. The number of phenolic OH excluding ortho intramolecular Hbond substituents is 2. The number of carbonyl (C=O) groups is 1. The van der Waals surface area contributed by atoms with Crippen LogP contribution in [-0.4, -0.2) is 16.1 Å². The number of hydrogen-bond donors (Lipinski definition) is 4. The number of para-hydroxylation sites is 2. The Bertz CT molecular complexity index is 2870. The molecule has 8 aromatic rings. The zero-order valence-corrected chi connectivity index (χ0v) is 32.0. The number of anilines is 2. The highest BCUT2D eigenvalue weighted by Crippen LogP contribution is 2.43. The zero-order valence-electron chi connectivity index (χ0n) is 30.5. The molecule has 0 aromatic heterocycles. The van der Waals surface area contributed by atoms with Gasteiger partial charge in [-0.3, -0.25) is 15.1 Å². The van der Waals surface area contributed by atoms with Crippen LogP contribution in [0.2, 0.25) is 10.0 Å². The van der Waals surface area contributed by atoms with E-state index in [1.807, 2.05) is 97.1 Å². The number of phenols is 2. The van der Waals surface area contributed by atoms with E-state index in [0.29, 0.717) is 48.8 Å². The Hall–Kier alpha value is -7.11. The number of carbonyl (C=O) groups excluding carboxylic acids is 1. The molecular weight excluding hydrogens is 771 g/mol. The average Bonchev–Trinajstić information content (AvgIpc) is 3.24. The van der Waals surface area contributed by atoms with Crippen LogP contribution in [0.15, 0.2) is 178 Å². The normalized spacial score (nSPS) is 11.5. The van der Waals surface area contributed by atoms with Crippen LogP contribution in [0, 0.1) is 0 Å². The molecule has 0 saturated heterocycles. The van der Waals surface area contributed by atoms with Crippen LogP contribution in [0.3, 0.4) is 0 Å². The number of benzene rings is 8. The molecular formula is C46H32Cl2N6O4. The fourth-order valence-corrected chi connectivity index (χ4v) is 6.78. The Balaban J connectivity index is 1.02. The maximum atomic E-state index is 13.2. The van der Waals surface area contributed by atoms with Gasteiger partial charge in [0.1, 0.15) is 35.1 Å². The number of hydrogen-bond acceptors (Lipinski definition) is 9. The molecule has 0 bridgehead atoms. The van der Waals surface area contributed by atoms with E-state index < -0.39 is 5.91 Å². The number of nitrogens with one attached hydrogen (secondary N) is 2. The Morgan fingerprint density at radius 2 is 1.05 bits per heavy atom. The first-order chi connectivity index (χ1) is 28.3. The van der Waals surface area contributed by atoms with Crippen molar-refractivity contribution < 1.29 is 19.8 Å². The number of fused-ring (bicyclic) bond motifs is 2. The molecule has 0 atom stereocenters. The molecule has 4 N–H and O–H groups in total. The molecule has 0 fully saturated rings. The topological polar surface area (TPSA) is 140 Å². The van der Waals surface area contributed by atoms with Gasteiger partial charge in [-0.2, -0.15) is 0 Å². The summed E-state index contributed by atoms with van der Waals surface area (Å²) in [6.07, 6.45) is 0. The fourth-order valence-electron chi connectivity index (χ4n) is 6.34. The summed E-state index contributed by atoms with van der Waals surface area (Å²) in [5, 5.41) is 46.5. The molecule has 8 aromatic carbocycles. The van der Waals surface area contributed by atoms with Gasteiger partial charge < -0.3 is 15.5 Å². The third-order valence-corrected chi connectivity index (χ3v) is 9.89. The van der Waals surface area contributed by atoms with Crippen LogP contribution < -0.4 is 10.8 Å². The largest absolute Gasteiger partial charge is 0.505 e. The van der Waals surface area contributed by atoms with Gasteiger partial charge in [-0.25, -0.2) is 0 Å². The second-order valence-corrected chi connectivity index (χ2v) is 13.9. The van der Waals surface area contributed by atoms with Crippen molar-refractivity contribution >= 4 is 84.8 Å². The summed E-state index contributed by atoms with van der Waals surface area (Å²) in [5.41, 5.74) is 7.51. The first-order valence-electron chi connectivity index (χ1n) is 18.0. The molecule has 0 radical (unpaired) electrons. The molecule has 0 aliphatic heterocycles. The lowest BCUT2D eigenvalue weighted by Crippen LogP contribution is -2.12. The van der Waals surface area contributed by atoms with Crippen molar-refractivity contribution in [3.63, 3.8) is 0 Å². The van der Waals surface area contributed by atoms with E-state index in [1.165, 1.54) is 0 Å². The van der Waals surface area contributed by atoms with Gasteiger partial charge in [0, 0.05) is 22.0 Å². The summed E-state index contributed by atoms with van der Waals surface area (Å²) in [6.45, 7) is 0.0761. The Morgan fingerprint density at radius 3 is 1.62 bits per heavy atom. The van der Waals surface area contributed by atoms with Gasteiger partial charge in [0.15, 0.2) is 5.75 Å². The van der Waals surface area contributed by atoms with Gasteiger partial charge in [0.05, 0.1) is 21.3 Å². The molecule has 0 unspecified atom stereocenters. The van der Waals surface area contributed by atoms with E-state index in [-0.39, 0.29) is 35.0 Å². The number of amides is 1. The van der Waals surface area contributed by atoms with E-state index in [2.05, 4.69) is 31.3 Å². The highest BCUT2D eigenvalue weighted by atomic mass is 35.5. The quantitative estimate of drug-likeness (QED) is 0.0761. The highest BCUT2D eigenvalue weighted by Gasteiger charge is 2.19. The van der Waals surface area contributed by atoms with Crippen LogP contribution in [0.1, 0.15) is 15.9 Å². The van der Waals surface area contributed by atoms with Gasteiger partial charge in [0.2, 0.25) is 0 Å². The predicted molar refractivity (Wildman–Crippen MR) is 231 cm³/mol. The first-order valence-corrected chi connectivity index (χ1v) is 18.8. The van der Waals surface area contributed by atoms with Crippen molar-refractivity contribution in [1.82, 2.24) is 0 Å². The van der Waals surface area contributed by atoms with Crippen LogP contribution >= 0.6 is 23.2 Å². The maximum absolute atomic E-state index is 13.2. The second kappa shape index (κ2) is 16.9. The van der Waals surface area contributed by atoms with Crippen molar-refractivity contribution in [3.8, 4) is 22.6 Å². The monoisotopic (exact) mass is 802 g/mol. The van der Waals surface area contributed by atoms with Gasteiger partial charge in [-0.15, -0.1) is 20.5 Å². The van der Waals surface area contributed by atoms with Gasteiger partial charge in [-0.1, -0.05) is 120 Å². The molecule has 8 rings (SSSR count). The van der Waals surface area contributed by atoms with E-state index in [1.54, 1.807) is 60.7 Å². The summed E-state index contributed by atoms with van der Waals surface area (Å²) >= 11 is 13.4. The van der Waals surface area contributed by atoms with E-state index >= 15 is 0 Å². The van der Waals surface area contributed by atoms with Crippen LogP contribution in [0.4, 0.5) is 34.1 Å². The van der Waals surface area contributed by atoms with Crippen molar-refractivity contribution in [2.45, 2.75) is 6.61 Å². The van der Waals surface area contributed by atoms with E-state index in [0.717, 1.165) is 22.2 Å². The van der Waals surface area contributed by atoms with Crippen LogP contribution in [-0.2, 0) is 11.4 Å². The highest BCUT2D eigenvalue weighted by molar-refractivity contribution is 6.34. The molecule has 0 saturated carbocycles. The lowest BCUT2D eigenvalue weighted by molar-refractivity contribution is 0.102. The van der Waals surface area contributed by atoms with Crippen molar-refractivity contribution in [2.24, 2.45) is 20.5 Å². The summed E-state index contributed by atoms with van der Waals surface area (Å²) in [4.78, 5) is 18.9. The first kappa shape index (κ1) is 37.8. The maximum Gasteiger partial charge on any atom is 0.259 e. The molecule has 58 heavy (non-hydrogen) atoms. The smallest absolute Gasteiger partial charge is 0.259 e. The van der Waals surface area contributed by atoms with Gasteiger partial charge >= 0.3 is 0 Å². The minimum absolute atomic E-state index is 0.0539. The Labute approximate surface area is 342 Å². The molecule has 1 amide bonds. The standard InChI is InChI=1S/C46H32Cl2N6O4/c47-38-25-28(19-21-40(38)50-52-42-35-17-9-7-11-30(35)23-32(44(42)55)27-58-54-34-15-5-2-6-16-34)29-20-22-41(39(48)26-29)51-53-43-36-18-10-8-12-31(36)24-37(45(43)56)46(57)49-33-13-3-1-4-14-33/h1-26,54-56H,27H2,(H,49,57). The van der Waals surface area contributed by atoms with E-state index in [9.17, 15) is 15.0 Å². The third kappa shape index (κ3) is 8.21. The summed E-state index contributed by atoms with van der Waals surface area (Å²) in [5.74, 6) is -0.850. The molecule has 0 aliphatic rings. The summed E-state index contributed by atoms with van der Waals surface area (Å²) < 4.78 is 0. The number of aromatic hydroxyl groups is 2. The minimum Gasteiger partial charge on any atom is -0.505 e. The number of nitrogens with zero attached hydrogens (tertiary/aromatic N) is 4. The lowest BCUT2D eigenvalue weighted by Gasteiger charge is -2.12. The lowest BCUT2D eigenvalue weighted by atomic mass is 10.0. The van der Waals surface area contributed by atoms with Crippen molar-refractivity contribution in [3.05, 3.63) is 179 Å². The number of azo groups is 2. The molecule has 0 spiro atoms. The Morgan fingerprint density at radius 1 is 0.552 bits per heavy atom. The van der Waals surface area contributed by atoms with Crippen molar-refractivity contribution in [2.75, 3.05) is 10.8 Å². The molecule has 10 nitrogen and oxygen atoms in total. The van der Waals surface area contributed by atoms with Crippen LogP contribution in [0.25, 0.3) is 32.7 Å². The van der Waals surface area contributed by atoms with Crippen LogP contribution in [0.5, 0.6) is 11.5 Å². The van der Waals surface area contributed by atoms with Crippen molar-refractivity contribution in [1.29, 1.82) is 0 Å². The second-order valence-electron chi connectivity index (χ2n) is 13.1. The van der Waals surface area contributed by atoms with Gasteiger partial charge in [-0.05, 0) is 82.6 Å². The summed E-state index contributed by atoms with van der Waals surface area (Å²) in [6, 6.07) is 47.3. The average molecular weight is 804 g/mol. The number of halogens is 2. The summed E-state index contributed by atoms with van der Waals surface area (Å²) in [7, 11) is 0. The number of rotatable bonds is 11. The van der Waals surface area contributed by atoms with E-state index in [4.69, 9.17) is 28.0 Å². The van der Waals surface area contributed by atoms with Gasteiger partial charge in [0.25, 0.3) is 5.91 Å².